The first-order chi connectivity index (χ1) is 11.6. The predicted molar refractivity (Wildman–Crippen MR) is 90.7 cm³/mol. The summed E-state index contributed by atoms with van der Waals surface area (Å²) in [6, 6.07) is 3.69. The fraction of sp³-hybridized carbons (Fsp3) is 0.562. The summed E-state index contributed by atoms with van der Waals surface area (Å²) in [6.45, 7) is 4.41. The average molecular weight is 350 g/mol. The molecule has 0 spiro atoms. The number of aromatic nitrogens is 3. The number of hydrogen-bond donors (Lipinski definition) is 0. The molecule has 1 aliphatic heterocycles. The lowest BCUT2D eigenvalue weighted by molar-refractivity contribution is -0.150. The number of furan rings is 1. The SMILES string of the molecule is CCOC(=O)C1CCCN(Cn2nc(-c3ccco3)n(C)c2=S)C1. The Morgan fingerprint density at radius 3 is 3.08 bits per heavy atom. The van der Waals surface area contributed by atoms with Gasteiger partial charge in [-0.15, -0.1) is 5.10 Å². The zero-order chi connectivity index (χ0) is 17.1. The second-order valence-corrected chi connectivity index (χ2v) is 6.32. The summed E-state index contributed by atoms with van der Waals surface area (Å²) in [5.41, 5.74) is 0. The zero-order valence-corrected chi connectivity index (χ0v) is 14.8. The van der Waals surface area contributed by atoms with Crippen LogP contribution in [0.1, 0.15) is 19.8 Å². The van der Waals surface area contributed by atoms with E-state index in [2.05, 4.69) is 10.00 Å². The summed E-state index contributed by atoms with van der Waals surface area (Å²) >= 11 is 5.48. The van der Waals surface area contributed by atoms with Gasteiger partial charge in [0, 0.05) is 13.6 Å². The molecule has 130 valence electrons. The normalized spacial score (nSPS) is 18.7. The van der Waals surface area contributed by atoms with Crippen LogP contribution in [0.25, 0.3) is 11.6 Å². The Morgan fingerprint density at radius 1 is 1.54 bits per heavy atom. The highest BCUT2D eigenvalue weighted by atomic mass is 32.1. The van der Waals surface area contributed by atoms with Crippen LogP contribution in [0.3, 0.4) is 0 Å². The maximum absolute atomic E-state index is 12.0. The number of piperidine rings is 1. The van der Waals surface area contributed by atoms with Crippen molar-refractivity contribution in [3.63, 3.8) is 0 Å². The monoisotopic (exact) mass is 350 g/mol. The summed E-state index contributed by atoms with van der Waals surface area (Å²) in [5, 5.41) is 4.58. The van der Waals surface area contributed by atoms with Crippen molar-refractivity contribution in [3.8, 4) is 11.6 Å². The molecule has 24 heavy (non-hydrogen) atoms. The molecule has 0 radical (unpaired) electrons. The van der Waals surface area contributed by atoms with E-state index in [0.29, 0.717) is 36.2 Å². The summed E-state index contributed by atoms with van der Waals surface area (Å²) in [4.78, 5) is 14.2. The Bertz CT molecular complexity index is 750. The van der Waals surface area contributed by atoms with Gasteiger partial charge in [-0.1, -0.05) is 0 Å². The minimum Gasteiger partial charge on any atom is -0.466 e. The number of hydrogen-bond acceptors (Lipinski definition) is 6. The van der Waals surface area contributed by atoms with Crippen molar-refractivity contribution in [2.75, 3.05) is 19.7 Å². The fourth-order valence-electron chi connectivity index (χ4n) is 3.03. The van der Waals surface area contributed by atoms with Crippen LogP contribution in [-0.2, 0) is 23.2 Å². The molecule has 1 atom stereocenters. The Hall–Kier alpha value is -1.93. The van der Waals surface area contributed by atoms with E-state index in [1.807, 2.05) is 30.7 Å². The summed E-state index contributed by atoms with van der Waals surface area (Å²) in [6.07, 6.45) is 3.46. The van der Waals surface area contributed by atoms with E-state index in [1.54, 1.807) is 10.9 Å². The maximum atomic E-state index is 12.0. The van der Waals surface area contributed by atoms with Gasteiger partial charge in [0.1, 0.15) is 0 Å². The molecule has 1 fully saturated rings. The van der Waals surface area contributed by atoms with Gasteiger partial charge in [0.2, 0.25) is 0 Å². The molecular weight excluding hydrogens is 328 g/mol. The van der Waals surface area contributed by atoms with E-state index >= 15 is 0 Å². The molecule has 0 N–H and O–H groups in total. The molecule has 8 heteroatoms. The van der Waals surface area contributed by atoms with Crippen molar-refractivity contribution in [1.29, 1.82) is 0 Å². The summed E-state index contributed by atoms with van der Waals surface area (Å²) in [5.74, 6) is 1.21. The van der Waals surface area contributed by atoms with Crippen LogP contribution in [0.5, 0.6) is 0 Å². The highest BCUT2D eigenvalue weighted by Crippen LogP contribution is 2.20. The van der Waals surface area contributed by atoms with Crippen LogP contribution in [0.4, 0.5) is 0 Å². The first kappa shape index (κ1) is 16.9. The van der Waals surface area contributed by atoms with Gasteiger partial charge in [-0.2, -0.15) is 0 Å². The molecule has 0 aliphatic carbocycles. The molecule has 3 rings (SSSR count). The van der Waals surface area contributed by atoms with Gasteiger partial charge in [0.05, 0.1) is 25.5 Å². The number of esters is 1. The zero-order valence-electron chi connectivity index (χ0n) is 14.0. The standard InChI is InChI=1S/C16H22N4O3S/c1-3-22-15(21)12-6-4-8-19(10-12)11-20-16(24)18(2)14(17-20)13-7-5-9-23-13/h5,7,9,12H,3-4,6,8,10-11H2,1-2H3. The van der Waals surface area contributed by atoms with Gasteiger partial charge in [0.25, 0.3) is 0 Å². The molecule has 1 unspecified atom stereocenters. The van der Waals surface area contributed by atoms with E-state index in [9.17, 15) is 4.79 Å². The predicted octanol–water partition coefficient (Wildman–Crippen LogP) is 2.44. The van der Waals surface area contributed by atoms with Crippen molar-refractivity contribution in [1.82, 2.24) is 19.2 Å². The molecule has 2 aromatic heterocycles. The number of likely N-dealkylation sites (tertiary alicyclic amines) is 1. The molecule has 1 saturated heterocycles. The lowest BCUT2D eigenvalue weighted by Gasteiger charge is -2.31. The van der Waals surface area contributed by atoms with Crippen molar-refractivity contribution in [2.45, 2.75) is 26.4 Å². The Morgan fingerprint density at radius 2 is 2.38 bits per heavy atom. The molecule has 7 nitrogen and oxygen atoms in total. The molecule has 0 amide bonds. The molecule has 0 saturated carbocycles. The molecular formula is C16H22N4O3S. The van der Waals surface area contributed by atoms with Gasteiger partial charge in [-0.3, -0.25) is 9.69 Å². The van der Waals surface area contributed by atoms with Crippen LogP contribution < -0.4 is 0 Å². The maximum Gasteiger partial charge on any atom is 0.310 e. The van der Waals surface area contributed by atoms with Crippen LogP contribution in [0.15, 0.2) is 22.8 Å². The van der Waals surface area contributed by atoms with Crippen molar-refractivity contribution in [2.24, 2.45) is 13.0 Å². The van der Waals surface area contributed by atoms with Gasteiger partial charge in [0.15, 0.2) is 16.4 Å². The number of nitrogens with zero attached hydrogens (tertiary/aromatic N) is 4. The molecule has 1 aliphatic rings. The van der Waals surface area contributed by atoms with Crippen molar-refractivity contribution >= 4 is 18.2 Å². The summed E-state index contributed by atoms with van der Waals surface area (Å²) < 4.78 is 14.8. The van der Waals surface area contributed by atoms with E-state index in [4.69, 9.17) is 21.4 Å². The quantitative estimate of drug-likeness (QED) is 0.610. The molecule has 2 aromatic rings. The number of carbonyl (C=O) groups is 1. The Kier molecular flexibility index (Phi) is 5.15. The molecule has 0 bridgehead atoms. The Balaban J connectivity index is 1.73. The third-order valence-electron chi connectivity index (χ3n) is 4.24. The first-order valence-corrected chi connectivity index (χ1v) is 8.57. The van der Waals surface area contributed by atoms with E-state index in [0.717, 1.165) is 19.4 Å². The second kappa shape index (κ2) is 7.31. The highest BCUT2D eigenvalue weighted by Gasteiger charge is 2.27. The van der Waals surface area contributed by atoms with Gasteiger partial charge < -0.3 is 13.7 Å². The van der Waals surface area contributed by atoms with Crippen molar-refractivity contribution in [3.05, 3.63) is 23.2 Å². The highest BCUT2D eigenvalue weighted by molar-refractivity contribution is 7.71. The second-order valence-electron chi connectivity index (χ2n) is 5.95. The largest absolute Gasteiger partial charge is 0.466 e. The minimum absolute atomic E-state index is 0.0684. The average Bonchev–Trinajstić information content (AvgIpc) is 3.20. The molecule has 3 heterocycles. The molecule has 0 aromatic carbocycles. The third kappa shape index (κ3) is 3.44. The minimum atomic E-state index is -0.108. The van der Waals surface area contributed by atoms with Gasteiger partial charge >= 0.3 is 5.97 Å². The van der Waals surface area contributed by atoms with Crippen molar-refractivity contribution < 1.29 is 13.9 Å². The summed E-state index contributed by atoms with van der Waals surface area (Å²) in [7, 11) is 1.88. The van der Waals surface area contributed by atoms with E-state index in [-0.39, 0.29) is 11.9 Å². The fourth-order valence-corrected chi connectivity index (χ4v) is 3.21. The van der Waals surface area contributed by atoms with E-state index in [1.165, 1.54) is 0 Å². The van der Waals surface area contributed by atoms with Gasteiger partial charge in [-0.05, 0) is 50.7 Å². The number of carbonyl (C=O) groups excluding carboxylic acids is 1. The smallest absolute Gasteiger partial charge is 0.310 e. The lowest BCUT2D eigenvalue weighted by Crippen LogP contribution is -2.40. The topological polar surface area (TPSA) is 65.4 Å². The van der Waals surface area contributed by atoms with Crippen LogP contribution in [0, 0.1) is 10.7 Å². The van der Waals surface area contributed by atoms with Crippen LogP contribution in [0.2, 0.25) is 0 Å². The Labute approximate surface area is 145 Å². The number of rotatable bonds is 5. The van der Waals surface area contributed by atoms with Crippen LogP contribution >= 0.6 is 12.2 Å². The third-order valence-corrected chi connectivity index (χ3v) is 4.73. The van der Waals surface area contributed by atoms with Crippen LogP contribution in [-0.4, -0.2) is 44.9 Å². The number of ether oxygens (including phenoxy) is 1. The van der Waals surface area contributed by atoms with E-state index < -0.39 is 0 Å². The van der Waals surface area contributed by atoms with Gasteiger partial charge in [-0.25, -0.2) is 4.68 Å². The first-order valence-electron chi connectivity index (χ1n) is 8.17. The lowest BCUT2D eigenvalue weighted by atomic mass is 9.99.